The van der Waals surface area contributed by atoms with E-state index in [0.29, 0.717) is 18.1 Å². The van der Waals surface area contributed by atoms with Gasteiger partial charge >= 0.3 is 0 Å². The molecule has 0 aromatic heterocycles. The molecular formula is C16H25NO. The summed E-state index contributed by atoms with van der Waals surface area (Å²) in [5.41, 5.74) is 2.87. The number of hydrogen-bond donors (Lipinski definition) is 1. The first kappa shape index (κ1) is 13.6. The molecule has 2 atom stereocenters. The van der Waals surface area contributed by atoms with Gasteiger partial charge in [-0.3, -0.25) is 0 Å². The lowest BCUT2D eigenvalue weighted by molar-refractivity contribution is 0.0293. The maximum Gasteiger partial charge on any atom is 0.0810 e. The Morgan fingerprint density at radius 2 is 2.11 bits per heavy atom. The van der Waals surface area contributed by atoms with Gasteiger partial charge in [-0.15, -0.1) is 0 Å². The van der Waals surface area contributed by atoms with Crippen molar-refractivity contribution in [1.29, 1.82) is 0 Å². The molecule has 0 radical (unpaired) electrons. The van der Waals surface area contributed by atoms with E-state index in [1.54, 1.807) is 0 Å². The SMILES string of the molecule is CCNC1c2ccccc2CC1OCCC(C)C. The van der Waals surface area contributed by atoms with E-state index < -0.39 is 0 Å². The molecule has 0 amide bonds. The molecule has 0 bridgehead atoms. The molecule has 1 aromatic carbocycles. The van der Waals surface area contributed by atoms with Gasteiger partial charge in [-0.1, -0.05) is 45.0 Å². The Kier molecular flexibility index (Phi) is 4.79. The molecule has 0 fully saturated rings. The Balaban J connectivity index is 1.99. The first-order valence-electron chi connectivity index (χ1n) is 7.15. The molecule has 2 unspecified atom stereocenters. The van der Waals surface area contributed by atoms with Gasteiger partial charge in [0.25, 0.3) is 0 Å². The summed E-state index contributed by atoms with van der Waals surface area (Å²) in [6.45, 7) is 8.51. The topological polar surface area (TPSA) is 21.3 Å². The number of fused-ring (bicyclic) bond motifs is 1. The van der Waals surface area contributed by atoms with Crippen molar-refractivity contribution in [3.05, 3.63) is 35.4 Å². The molecular weight excluding hydrogens is 222 g/mol. The monoisotopic (exact) mass is 247 g/mol. The number of likely N-dealkylation sites (N-methyl/N-ethyl adjacent to an activating group) is 1. The zero-order chi connectivity index (χ0) is 13.0. The number of rotatable bonds is 6. The fraction of sp³-hybridized carbons (Fsp3) is 0.625. The summed E-state index contributed by atoms with van der Waals surface area (Å²) in [4.78, 5) is 0. The zero-order valence-corrected chi connectivity index (χ0v) is 11.8. The van der Waals surface area contributed by atoms with Crippen LogP contribution in [0.1, 0.15) is 44.4 Å². The van der Waals surface area contributed by atoms with Crippen LogP contribution in [0.5, 0.6) is 0 Å². The van der Waals surface area contributed by atoms with Crippen LogP contribution in [0.2, 0.25) is 0 Å². The number of nitrogens with one attached hydrogen (secondary N) is 1. The van der Waals surface area contributed by atoms with Crippen LogP contribution in [0.25, 0.3) is 0 Å². The average molecular weight is 247 g/mol. The minimum absolute atomic E-state index is 0.307. The standard InChI is InChI=1S/C16H25NO/c1-4-17-16-14-8-6-5-7-13(14)11-15(16)18-10-9-12(2)3/h5-8,12,15-17H,4,9-11H2,1-3H3. The predicted octanol–water partition coefficient (Wildman–Crippen LogP) is 3.32. The Morgan fingerprint density at radius 3 is 2.83 bits per heavy atom. The van der Waals surface area contributed by atoms with Crippen molar-refractivity contribution >= 4 is 0 Å². The van der Waals surface area contributed by atoms with E-state index in [2.05, 4.69) is 50.4 Å². The van der Waals surface area contributed by atoms with Crippen LogP contribution >= 0.6 is 0 Å². The van der Waals surface area contributed by atoms with Crippen LogP contribution in [0.15, 0.2) is 24.3 Å². The highest BCUT2D eigenvalue weighted by atomic mass is 16.5. The van der Waals surface area contributed by atoms with Gasteiger partial charge in [-0.25, -0.2) is 0 Å². The Morgan fingerprint density at radius 1 is 1.33 bits per heavy atom. The lowest BCUT2D eigenvalue weighted by Crippen LogP contribution is -2.31. The fourth-order valence-corrected chi connectivity index (χ4v) is 2.63. The quantitative estimate of drug-likeness (QED) is 0.832. The van der Waals surface area contributed by atoms with E-state index in [4.69, 9.17) is 4.74 Å². The van der Waals surface area contributed by atoms with Gasteiger partial charge < -0.3 is 10.1 Å². The van der Waals surface area contributed by atoms with E-state index in [9.17, 15) is 0 Å². The maximum atomic E-state index is 6.10. The van der Waals surface area contributed by atoms with Gasteiger partial charge in [0.1, 0.15) is 0 Å². The molecule has 1 aliphatic carbocycles. The summed E-state index contributed by atoms with van der Waals surface area (Å²) in [6.07, 6.45) is 2.50. The molecule has 18 heavy (non-hydrogen) atoms. The third-order valence-electron chi connectivity index (χ3n) is 3.63. The number of benzene rings is 1. The summed E-state index contributed by atoms with van der Waals surface area (Å²) in [5.74, 6) is 0.714. The summed E-state index contributed by atoms with van der Waals surface area (Å²) in [7, 11) is 0. The summed E-state index contributed by atoms with van der Waals surface area (Å²) >= 11 is 0. The normalized spacial score (nSPS) is 22.4. The van der Waals surface area contributed by atoms with Crippen molar-refractivity contribution < 1.29 is 4.74 Å². The number of ether oxygens (including phenoxy) is 1. The highest BCUT2D eigenvalue weighted by Gasteiger charge is 2.32. The lowest BCUT2D eigenvalue weighted by Gasteiger charge is -2.22. The Bertz CT molecular complexity index is 375. The maximum absolute atomic E-state index is 6.10. The molecule has 2 rings (SSSR count). The Hall–Kier alpha value is -0.860. The van der Waals surface area contributed by atoms with Crippen LogP contribution < -0.4 is 5.32 Å². The predicted molar refractivity (Wildman–Crippen MR) is 75.8 cm³/mol. The molecule has 1 aromatic rings. The molecule has 1 aliphatic rings. The molecule has 0 heterocycles. The van der Waals surface area contributed by atoms with E-state index in [-0.39, 0.29) is 0 Å². The van der Waals surface area contributed by atoms with E-state index >= 15 is 0 Å². The molecule has 1 N–H and O–H groups in total. The van der Waals surface area contributed by atoms with Crippen LogP contribution in [0, 0.1) is 5.92 Å². The smallest absolute Gasteiger partial charge is 0.0810 e. The minimum atomic E-state index is 0.307. The van der Waals surface area contributed by atoms with Gasteiger partial charge in [-0.05, 0) is 30.0 Å². The minimum Gasteiger partial charge on any atom is -0.376 e. The summed E-state index contributed by atoms with van der Waals surface area (Å²) in [5, 5.41) is 3.56. The second-order valence-electron chi connectivity index (χ2n) is 5.53. The van der Waals surface area contributed by atoms with Crippen molar-refractivity contribution in [2.45, 2.75) is 45.8 Å². The van der Waals surface area contributed by atoms with E-state index in [1.165, 1.54) is 11.1 Å². The largest absolute Gasteiger partial charge is 0.376 e. The van der Waals surface area contributed by atoms with Gasteiger partial charge in [0, 0.05) is 13.0 Å². The van der Waals surface area contributed by atoms with Crippen LogP contribution in [0.3, 0.4) is 0 Å². The Labute approximate surface area is 111 Å². The highest BCUT2D eigenvalue weighted by molar-refractivity contribution is 5.36. The van der Waals surface area contributed by atoms with E-state index in [0.717, 1.165) is 26.0 Å². The van der Waals surface area contributed by atoms with Gasteiger partial charge in [0.05, 0.1) is 12.1 Å². The van der Waals surface area contributed by atoms with Gasteiger partial charge in [-0.2, -0.15) is 0 Å². The van der Waals surface area contributed by atoms with Crippen molar-refractivity contribution in [3.8, 4) is 0 Å². The first-order chi connectivity index (χ1) is 8.72. The third kappa shape index (κ3) is 3.12. The van der Waals surface area contributed by atoms with Crippen LogP contribution in [0.4, 0.5) is 0 Å². The van der Waals surface area contributed by atoms with Crippen molar-refractivity contribution in [1.82, 2.24) is 5.32 Å². The summed E-state index contributed by atoms with van der Waals surface area (Å²) in [6, 6.07) is 9.08. The third-order valence-corrected chi connectivity index (χ3v) is 3.63. The van der Waals surface area contributed by atoms with Crippen molar-refractivity contribution in [2.75, 3.05) is 13.2 Å². The first-order valence-corrected chi connectivity index (χ1v) is 7.15. The van der Waals surface area contributed by atoms with Gasteiger partial charge in [0.2, 0.25) is 0 Å². The van der Waals surface area contributed by atoms with E-state index in [1.807, 2.05) is 0 Å². The van der Waals surface area contributed by atoms with Crippen molar-refractivity contribution in [2.24, 2.45) is 5.92 Å². The second kappa shape index (κ2) is 6.35. The molecule has 100 valence electrons. The summed E-state index contributed by atoms with van der Waals surface area (Å²) < 4.78 is 6.10. The lowest BCUT2D eigenvalue weighted by atomic mass is 10.1. The van der Waals surface area contributed by atoms with Crippen LogP contribution in [-0.4, -0.2) is 19.3 Å². The number of hydrogen-bond acceptors (Lipinski definition) is 2. The van der Waals surface area contributed by atoms with Crippen molar-refractivity contribution in [3.63, 3.8) is 0 Å². The average Bonchev–Trinajstić information content (AvgIpc) is 2.68. The molecule has 0 saturated heterocycles. The fourth-order valence-electron chi connectivity index (χ4n) is 2.63. The molecule has 0 spiro atoms. The molecule has 0 aliphatic heterocycles. The zero-order valence-electron chi connectivity index (χ0n) is 11.8. The molecule has 0 saturated carbocycles. The molecule has 2 heteroatoms. The second-order valence-corrected chi connectivity index (χ2v) is 5.53. The van der Waals surface area contributed by atoms with Crippen LogP contribution in [-0.2, 0) is 11.2 Å². The van der Waals surface area contributed by atoms with Gasteiger partial charge in [0.15, 0.2) is 0 Å². The molecule has 2 nitrogen and oxygen atoms in total. The highest BCUT2D eigenvalue weighted by Crippen LogP contribution is 2.33.